The molecule has 0 bridgehead atoms. The Balaban J connectivity index is 2.19. The zero-order chi connectivity index (χ0) is 15.4. The lowest BCUT2D eigenvalue weighted by atomic mass is 10.2. The van der Waals surface area contributed by atoms with Crippen molar-refractivity contribution < 1.29 is 4.79 Å². The van der Waals surface area contributed by atoms with Crippen LogP contribution in [0.4, 0.5) is 0 Å². The van der Waals surface area contributed by atoms with Gasteiger partial charge in [-0.15, -0.1) is 11.3 Å². The zero-order valence-electron chi connectivity index (χ0n) is 12.3. The van der Waals surface area contributed by atoms with Gasteiger partial charge in [0.05, 0.1) is 18.0 Å². The van der Waals surface area contributed by atoms with Gasteiger partial charge in [-0.25, -0.2) is 4.98 Å². The van der Waals surface area contributed by atoms with E-state index in [4.69, 9.17) is 5.26 Å². The van der Waals surface area contributed by atoms with E-state index in [0.29, 0.717) is 17.0 Å². The standard InChI is InChI=1S/C14H17N5OS/c1-4-5-11(6-15)18-13(20)12-9(2)17-14(21-12)10-7-16-19(3)8-10/h7-8,11H,4-5H2,1-3H3,(H,18,20)/t11-/m0/s1. The van der Waals surface area contributed by atoms with Crippen molar-refractivity contribution >= 4 is 17.2 Å². The fourth-order valence-electron chi connectivity index (χ4n) is 1.94. The Kier molecular flexibility index (Phi) is 4.70. The van der Waals surface area contributed by atoms with Gasteiger partial charge in [-0.3, -0.25) is 9.48 Å². The minimum atomic E-state index is -0.453. The molecule has 21 heavy (non-hydrogen) atoms. The highest BCUT2D eigenvalue weighted by Gasteiger charge is 2.19. The van der Waals surface area contributed by atoms with Crippen molar-refractivity contribution in [2.75, 3.05) is 0 Å². The molecule has 2 rings (SSSR count). The van der Waals surface area contributed by atoms with E-state index in [1.54, 1.807) is 17.8 Å². The quantitative estimate of drug-likeness (QED) is 0.918. The lowest BCUT2D eigenvalue weighted by Gasteiger charge is -2.09. The molecule has 1 amide bonds. The lowest BCUT2D eigenvalue weighted by molar-refractivity contribution is 0.0947. The van der Waals surface area contributed by atoms with Crippen molar-refractivity contribution in [2.24, 2.45) is 7.05 Å². The summed E-state index contributed by atoms with van der Waals surface area (Å²) in [7, 11) is 1.83. The number of carbonyl (C=O) groups is 1. The largest absolute Gasteiger partial charge is 0.336 e. The first-order valence-corrected chi connectivity index (χ1v) is 7.53. The number of aromatic nitrogens is 3. The van der Waals surface area contributed by atoms with Crippen LogP contribution in [0, 0.1) is 18.3 Å². The maximum Gasteiger partial charge on any atom is 0.264 e. The Morgan fingerprint density at radius 1 is 1.62 bits per heavy atom. The third-order valence-corrected chi connectivity index (χ3v) is 4.20. The zero-order valence-corrected chi connectivity index (χ0v) is 13.1. The van der Waals surface area contributed by atoms with E-state index in [2.05, 4.69) is 21.5 Å². The Labute approximate surface area is 127 Å². The van der Waals surface area contributed by atoms with Gasteiger partial charge in [-0.1, -0.05) is 13.3 Å². The van der Waals surface area contributed by atoms with Crippen molar-refractivity contribution in [3.63, 3.8) is 0 Å². The Bertz CT molecular complexity index is 682. The molecular formula is C14H17N5OS. The van der Waals surface area contributed by atoms with Crippen LogP contribution in [0.1, 0.15) is 35.1 Å². The van der Waals surface area contributed by atoms with E-state index in [9.17, 15) is 4.79 Å². The van der Waals surface area contributed by atoms with Gasteiger partial charge in [-0.05, 0) is 13.3 Å². The first-order chi connectivity index (χ1) is 10.0. The number of hydrogen-bond donors (Lipinski definition) is 1. The number of nitrogens with zero attached hydrogens (tertiary/aromatic N) is 4. The monoisotopic (exact) mass is 303 g/mol. The van der Waals surface area contributed by atoms with Gasteiger partial charge in [0.15, 0.2) is 0 Å². The van der Waals surface area contributed by atoms with Crippen LogP contribution in [0.25, 0.3) is 10.6 Å². The van der Waals surface area contributed by atoms with Crippen LogP contribution < -0.4 is 5.32 Å². The molecule has 0 saturated carbocycles. The summed E-state index contributed by atoms with van der Waals surface area (Å²) in [5.41, 5.74) is 1.56. The van der Waals surface area contributed by atoms with Gasteiger partial charge < -0.3 is 5.32 Å². The van der Waals surface area contributed by atoms with E-state index in [1.165, 1.54) is 11.3 Å². The molecule has 0 spiro atoms. The SMILES string of the molecule is CCC[C@@H](C#N)NC(=O)c1sc(-c2cnn(C)c2)nc1C. The second-order valence-electron chi connectivity index (χ2n) is 4.78. The van der Waals surface area contributed by atoms with Gasteiger partial charge >= 0.3 is 0 Å². The smallest absolute Gasteiger partial charge is 0.264 e. The summed E-state index contributed by atoms with van der Waals surface area (Å²) >= 11 is 1.32. The normalized spacial score (nSPS) is 11.9. The second kappa shape index (κ2) is 6.50. The molecule has 0 aliphatic heterocycles. The Morgan fingerprint density at radius 3 is 2.95 bits per heavy atom. The number of aryl methyl sites for hydroxylation is 2. The maximum absolute atomic E-state index is 12.2. The number of hydrogen-bond acceptors (Lipinski definition) is 5. The van der Waals surface area contributed by atoms with E-state index in [0.717, 1.165) is 17.0 Å². The molecule has 2 aromatic rings. The molecule has 6 nitrogen and oxygen atoms in total. The fourth-order valence-corrected chi connectivity index (χ4v) is 2.89. The molecule has 0 saturated heterocycles. The molecule has 1 N–H and O–H groups in total. The van der Waals surface area contributed by atoms with Crippen LogP contribution in [0.3, 0.4) is 0 Å². The average molecular weight is 303 g/mol. The third kappa shape index (κ3) is 3.47. The lowest BCUT2D eigenvalue weighted by Crippen LogP contribution is -2.33. The molecule has 2 aromatic heterocycles. The third-order valence-electron chi connectivity index (χ3n) is 2.99. The molecule has 0 radical (unpaired) electrons. The van der Waals surface area contributed by atoms with Gasteiger partial charge in [0, 0.05) is 18.8 Å². The molecule has 0 aliphatic carbocycles. The number of nitrogens with one attached hydrogen (secondary N) is 1. The molecule has 1 atom stereocenters. The fraction of sp³-hybridized carbons (Fsp3) is 0.429. The van der Waals surface area contributed by atoms with E-state index >= 15 is 0 Å². The van der Waals surface area contributed by atoms with Crippen LogP contribution in [0.5, 0.6) is 0 Å². The highest BCUT2D eigenvalue weighted by Crippen LogP contribution is 2.27. The molecule has 0 fully saturated rings. The maximum atomic E-state index is 12.2. The summed E-state index contributed by atoms with van der Waals surface area (Å²) in [5, 5.41) is 16.6. The predicted octanol–water partition coefficient (Wildman–Crippen LogP) is 2.27. The molecule has 0 aliphatic rings. The minimum Gasteiger partial charge on any atom is -0.336 e. The molecule has 0 aromatic carbocycles. The van der Waals surface area contributed by atoms with Crippen LogP contribution in [0.2, 0.25) is 0 Å². The van der Waals surface area contributed by atoms with Crippen LogP contribution in [-0.2, 0) is 7.05 Å². The summed E-state index contributed by atoms with van der Waals surface area (Å²) in [6.07, 6.45) is 5.07. The summed E-state index contributed by atoms with van der Waals surface area (Å²) in [6.45, 7) is 3.78. The van der Waals surface area contributed by atoms with Crippen molar-refractivity contribution in [1.82, 2.24) is 20.1 Å². The summed E-state index contributed by atoms with van der Waals surface area (Å²) in [6, 6.07) is 1.65. The molecule has 110 valence electrons. The van der Waals surface area contributed by atoms with Gasteiger partial charge in [0.25, 0.3) is 5.91 Å². The number of carbonyl (C=O) groups excluding carboxylic acids is 1. The van der Waals surface area contributed by atoms with E-state index in [1.807, 2.05) is 20.2 Å². The van der Waals surface area contributed by atoms with Crippen molar-refractivity contribution in [3.8, 4) is 16.6 Å². The highest BCUT2D eigenvalue weighted by atomic mass is 32.1. The predicted molar refractivity (Wildman–Crippen MR) is 80.8 cm³/mol. The molecule has 7 heteroatoms. The number of amides is 1. The van der Waals surface area contributed by atoms with Gasteiger partial charge in [-0.2, -0.15) is 10.4 Å². The minimum absolute atomic E-state index is 0.236. The average Bonchev–Trinajstić information content (AvgIpc) is 3.04. The first kappa shape index (κ1) is 15.2. The summed E-state index contributed by atoms with van der Waals surface area (Å²) in [4.78, 5) is 17.2. The number of nitriles is 1. The Hall–Kier alpha value is -2.20. The first-order valence-electron chi connectivity index (χ1n) is 6.72. The topological polar surface area (TPSA) is 83.6 Å². The van der Waals surface area contributed by atoms with Crippen LogP contribution in [-0.4, -0.2) is 26.7 Å². The Morgan fingerprint density at radius 2 is 2.38 bits per heavy atom. The van der Waals surface area contributed by atoms with Crippen molar-refractivity contribution in [3.05, 3.63) is 23.0 Å². The summed E-state index contributed by atoms with van der Waals surface area (Å²) < 4.78 is 1.69. The summed E-state index contributed by atoms with van der Waals surface area (Å²) in [5.74, 6) is -0.236. The molecule has 0 unspecified atom stereocenters. The second-order valence-corrected chi connectivity index (χ2v) is 5.78. The van der Waals surface area contributed by atoms with Gasteiger partial charge in [0.2, 0.25) is 0 Å². The van der Waals surface area contributed by atoms with Crippen LogP contribution in [0.15, 0.2) is 12.4 Å². The molecular weight excluding hydrogens is 286 g/mol. The van der Waals surface area contributed by atoms with E-state index < -0.39 is 6.04 Å². The van der Waals surface area contributed by atoms with Crippen molar-refractivity contribution in [1.29, 1.82) is 5.26 Å². The van der Waals surface area contributed by atoms with E-state index in [-0.39, 0.29) is 5.91 Å². The number of rotatable bonds is 5. The van der Waals surface area contributed by atoms with Crippen molar-refractivity contribution in [2.45, 2.75) is 32.7 Å². The molecule has 2 heterocycles. The number of thiazole rings is 1. The highest BCUT2D eigenvalue weighted by molar-refractivity contribution is 7.17. The van der Waals surface area contributed by atoms with Crippen LogP contribution >= 0.6 is 11.3 Å². The van der Waals surface area contributed by atoms with Gasteiger partial charge in [0.1, 0.15) is 15.9 Å².